The van der Waals surface area contributed by atoms with Gasteiger partial charge in [0, 0.05) is 5.39 Å². The molecule has 2 aromatic carbocycles. The summed E-state index contributed by atoms with van der Waals surface area (Å²) in [6.45, 7) is 4.94. The van der Waals surface area contributed by atoms with Crippen molar-refractivity contribution in [3.63, 3.8) is 0 Å². The molecule has 1 heterocycles. The number of para-hydroxylation sites is 1. The second kappa shape index (κ2) is 8.61. The summed E-state index contributed by atoms with van der Waals surface area (Å²) in [6.07, 6.45) is -0.817. The van der Waals surface area contributed by atoms with Crippen LogP contribution in [0.15, 0.2) is 59.0 Å². The predicted octanol–water partition coefficient (Wildman–Crippen LogP) is 3.93. The Hall–Kier alpha value is -3.28. The molecule has 146 valence electrons. The van der Waals surface area contributed by atoms with Gasteiger partial charge in [-0.05, 0) is 50.6 Å². The summed E-state index contributed by atoms with van der Waals surface area (Å²) in [4.78, 5) is 24.2. The summed E-state index contributed by atoms with van der Waals surface area (Å²) < 4.78 is 16.3. The van der Waals surface area contributed by atoms with Gasteiger partial charge in [0.05, 0.1) is 6.04 Å². The van der Waals surface area contributed by atoms with E-state index in [1.807, 2.05) is 55.5 Å². The SMILES string of the molecule is Cc1cccc(O[C@H](C)C(=O)OCC(=O)N[C@@H](C)c2cc3ccccc3o2)c1. The maximum atomic E-state index is 12.1. The molecule has 2 atom stereocenters. The van der Waals surface area contributed by atoms with Crippen molar-refractivity contribution in [1.82, 2.24) is 5.32 Å². The Morgan fingerprint density at radius 2 is 1.86 bits per heavy atom. The Balaban J connectivity index is 1.48. The standard InChI is InChI=1S/C22H23NO5/c1-14-7-6-9-18(11-14)27-16(3)22(25)26-13-21(24)23-15(2)20-12-17-8-4-5-10-19(17)28-20/h4-12,15-16H,13H2,1-3H3,(H,23,24)/t15-,16+/m0/s1. The number of benzene rings is 2. The summed E-state index contributed by atoms with van der Waals surface area (Å²) in [5.41, 5.74) is 1.78. The van der Waals surface area contributed by atoms with Gasteiger partial charge in [0.2, 0.25) is 0 Å². The fourth-order valence-electron chi connectivity index (χ4n) is 2.77. The highest BCUT2D eigenvalue weighted by Gasteiger charge is 2.19. The van der Waals surface area contributed by atoms with Crippen LogP contribution in [-0.2, 0) is 14.3 Å². The lowest BCUT2D eigenvalue weighted by molar-refractivity contribution is -0.154. The molecule has 6 heteroatoms. The zero-order valence-corrected chi connectivity index (χ0v) is 16.1. The molecule has 0 aliphatic heterocycles. The van der Waals surface area contributed by atoms with Gasteiger partial charge in [-0.1, -0.05) is 30.3 Å². The number of carbonyl (C=O) groups is 2. The van der Waals surface area contributed by atoms with E-state index in [0.29, 0.717) is 11.5 Å². The molecule has 1 N–H and O–H groups in total. The molecule has 28 heavy (non-hydrogen) atoms. The molecule has 0 aliphatic carbocycles. The van der Waals surface area contributed by atoms with E-state index < -0.39 is 18.0 Å². The maximum absolute atomic E-state index is 12.1. The van der Waals surface area contributed by atoms with E-state index in [2.05, 4.69) is 5.32 Å². The molecule has 3 rings (SSSR count). The number of amides is 1. The number of nitrogens with one attached hydrogen (secondary N) is 1. The quantitative estimate of drug-likeness (QED) is 0.628. The molecule has 0 bridgehead atoms. The Kier molecular flexibility index (Phi) is 5.99. The second-order valence-electron chi connectivity index (χ2n) is 6.66. The number of aryl methyl sites for hydroxylation is 1. The number of hydrogen-bond donors (Lipinski definition) is 1. The first-order valence-electron chi connectivity index (χ1n) is 9.10. The van der Waals surface area contributed by atoms with Crippen LogP contribution in [0.2, 0.25) is 0 Å². The largest absolute Gasteiger partial charge is 0.479 e. The van der Waals surface area contributed by atoms with Crippen molar-refractivity contribution in [3.8, 4) is 5.75 Å². The highest BCUT2D eigenvalue weighted by Crippen LogP contribution is 2.23. The first-order chi connectivity index (χ1) is 13.4. The van der Waals surface area contributed by atoms with E-state index >= 15 is 0 Å². The van der Waals surface area contributed by atoms with Crippen LogP contribution in [0, 0.1) is 6.92 Å². The molecular formula is C22H23NO5. The van der Waals surface area contributed by atoms with Crippen LogP contribution in [0.5, 0.6) is 5.75 Å². The van der Waals surface area contributed by atoms with Gasteiger partial charge in [-0.3, -0.25) is 4.79 Å². The minimum atomic E-state index is -0.817. The molecule has 1 amide bonds. The van der Waals surface area contributed by atoms with Crippen LogP contribution < -0.4 is 10.1 Å². The smallest absolute Gasteiger partial charge is 0.347 e. The van der Waals surface area contributed by atoms with Gasteiger partial charge in [-0.2, -0.15) is 0 Å². The van der Waals surface area contributed by atoms with E-state index in [1.54, 1.807) is 19.9 Å². The molecular weight excluding hydrogens is 358 g/mol. The number of hydrogen-bond acceptors (Lipinski definition) is 5. The topological polar surface area (TPSA) is 77.8 Å². The number of rotatable bonds is 7. The minimum absolute atomic E-state index is 0.348. The zero-order valence-electron chi connectivity index (χ0n) is 16.1. The Labute approximate surface area is 163 Å². The highest BCUT2D eigenvalue weighted by molar-refractivity contribution is 5.82. The number of furan rings is 1. The molecule has 0 radical (unpaired) electrons. The molecule has 6 nitrogen and oxygen atoms in total. The van der Waals surface area contributed by atoms with Crippen LogP contribution in [0.25, 0.3) is 11.0 Å². The van der Waals surface area contributed by atoms with E-state index in [4.69, 9.17) is 13.9 Å². The van der Waals surface area contributed by atoms with E-state index in [9.17, 15) is 9.59 Å². The van der Waals surface area contributed by atoms with Crippen molar-refractivity contribution < 1.29 is 23.5 Å². The summed E-state index contributed by atoms with van der Waals surface area (Å²) >= 11 is 0. The van der Waals surface area contributed by atoms with Crippen molar-refractivity contribution in [2.75, 3.05) is 6.61 Å². The molecule has 3 aromatic rings. The van der Waals surface area contributed by atoms with Crippen LogP contribution in [-0.4, -0.2) is 24.6 Å². The van der Waals surface area contributed by atoms with Crippen LogP contribution >= 0.6 is 0 Å². The van der Waals surface area contributed by atoms with Gasteiger partial charge < -0.3 is 19.2 Å². The summed E-state index contributed by atoms with van der Waals surface area (Å²) in [6, 6.07) is 16.5. The lowest BCUT2D eigenvalue weighted by atomic mass is 10.2. The van der Waals surface area contributed by atoms with E-state index in [0.717, 1.165) is 16.5 Å². The molecule has 0 aliphatic rings. The van der Waals surface area contributed by atoms with Gasteiger partial charge in [0.25, 0.3) is 5.91 Å². The lowest BCUT2D eigenvalue weighted by Gasteiger charge is -2.15. The average Bonchev–Trinajstić information content (AvgIpc) is 3.10. The monoisotopic (exact) mass is 381 g/mol. The fraction of sp³-hybridized carbons (Fsp3) is 0.273. The van der Waals surface area contributed by atoms with E-state index in [-0.39, 0.29) is 12.6 Å². The third-order valence-corrected chi connectivity index (χ3v) is 4.23. The Morgan fingerprint density at radius 1 is 1.07 bits per heavy atom. The number of esters is 1. The van der Waals surface area contributed by atoms with Crippen molar-refractivity contribution in [3.05, 3.63) is 65.9 Å². The molecule has 0 unspecified atom stereocenters. The zero-order chi connectivity index (χ0) is 20.1. The molecule has 0 saturated carbocycles. The van der Waals surface area contributed by atoms with Crippen LogP contribution in [0.3, 0.4) is 0 Å². The predicted molar refractivity (Wildman–Crippen MR) is 105 cm³/mol. The third-order valence-electron chi connectivity index (χ3n) is 4.23. The minimum Gasteiger partial charge on any atom is -0.479 e. The van der Waals surface area contributed by atoms with Gasteiger partial charge in [-0.15, -0.1) is 0 Å². The molecule has 0 spiro atoms. The van der Waals surface area contributed by atoms with Crippen LogP contribution in [0.4, 0.5) is 0 Å². The average molecular weight is 381 g/mol. The van der Waals surface area contributed by atoms with Gasteiger partial charge in [-0.25, -0.2) is 4.79 Å². The summed E-state index contributed by atoms with van der Waals surface area (Å²) in [5, 5.41) is 3.72. The number of fused-ring (bicyclic) bond motifs is 1. The van der Waals surface area contributed by atoms with Crippen molar-refractivity contribution in [1.29, 1.82) is 0 Å². The highest BCUT2D eigenvalue weighted by atomic mass is 16.6. The fourth-order valence-corrected chi connectivity index (χ4v) is 2.77. The third kappa shape index (κ3) is 4.91. The van der Waals surface area contributed by atoms with Gasteiger partial charge >= 0.3 is 5.97 Å². The Morgan fingerprint density at radius 3 is 2.61 bits per heavy atom. The second-order valence-corrected chi connectivity index (χ2v) is 6.66. The van der Waals surface area contributed by atoms with Gasteiger partial charge in [0.1, 0.15) is 17.1 Å². The van der Waals surface area contributed by atoms with E-state index in [1.165, 1.54) is 0 Å². The summed E-state index contributed by atoms with van der Waals surface area (Å²) in [5.74, 6) is 0.196. The van der Waals surface area contributed by atoms with Crippen molar-refractivity contribution in [2.45, 2.75) is 32.9 Å². The number of carbonyl (C=O) groups excluding carboxylic acids is 2. The number of ether oxygens (including phenoxy) is 2. The molecule has 0 saturated heterocycles. The van der Waals surface area contributed by atoms with Crippen molar-refractivity contribution in [2.24, 2.45) is 0 Å². The normalized spacial score (nSPS) is 13.0. The molecule has 1 aromatic heterocycles. The summed E-state index contributed by atoms with van der Waals surface area (Å²) in [7, 11) is 0. The van der Waals surface area contributed by atoms with Crippen LogP contribution in [0.1, 0.15) is 31.2 Å². The first-order valence-corrected chi connectivity index (χ1v) is 9.10. The maximum Gasteiger partial charge on any atom is 0.347 e. The molecule has 0 fully saturated rings. The Bertz CT molecular complexity index is 945. The first kappa shape index (κ1) is 19.5. The van der Waals surface area contributed by atoms with Gasteiger partial charge in [0.15, 0.2) is 12.7 Å². The van der Waals surface area contributed by atoms with Crippen molar-refractivity contribution >= 4 is 22.8 Å². The lowest BCUT2D eigenvalue weighted by Crippen LogP contribution is -2.34.